The van der Waals surface area contributed by atoms with Crippen molar-refractivity contribution in [2.45, 2.75) is 44.9 Å². The van der Waals surface area contributed by atoms with E-state index in [2.05, 4.69) is 31.2 Å². The van der Waals surface area contributed by atoms with Gasteiger partial charge in [-0.15, -0.1) is 0 Å². The van der Waals surface area contributed by atoms with E-state index in [4.69, 9.17) is 4.74 Å². The maximum absolute atomic E-state index is 12.3. The molecule has 2 nitrogen and oxygen atoms in total. The van der Waals surface area contributed by atoms with Crippen LogP contribution in [0.2, 0.25) is 0 Å². The summed E-state index contributed by atoms with van der Waals surface area (Å²) in [5.74, 6) is 2.66. The Labute approximate surface area is 161 Å². The van der Waals surface area contributed by atoms with Crippen LogP contribution in [0.25, 0.3) is 0 Å². The molecule has 2 heteroatoms. The van der Waals surface area contributed by atoms with Crippen molar-refractivity contribution in [1.82, 2.24) is 0 Å². The molecule has 0 aromatic heterocycles. The van der Waals surface area contributed by atoms with Gasteiger partial charge in [-0.25, -0.2) is 4.79 Å². The van der Waals surface area contributed by atoms with Crippen molar-refractivity contribution in [1.29, 1.82) is 0 Å². The Kier molecular flexibility index (Phi) is 3.96. The highest BCUT2D eigenvalue weighted by atomic mass is 16.5. The van der Waals surface area contributed by atoms with Crippen LogP contribution in [0.15, 0.2) is 60.7 Å². The largest absolute Gasteiger partial charge is 0.423 e. The van der Waals surface area contributed by atoms with Gasteiger partial charge in [-0.3, -0.25) is 0 Å². The second-order valence-electron chi connectivity index (χ2n) is 8.71. The van der Waals surface area contributed by atoms with Crippen LogP contribution in [-0.4, -0.2) is 5.97 Å². The lowest BCUT2D eigenvalue weighted by Gasteiger charge is -2.49. The first-order valence-corrected chi connectivity index (χ1v) is 10.2. The molecule has 138 valence electrons. The van der Waals surface area contributed by atoms with Gasteiger partial charge >= 0.3 is 5.97 Å². The van der Waals surface area contributed by atoms with Gasteiger partial charge < -0.3 is 4.74 Å². The Balaban J connectivity index is 1.37. The molecule has 2 aromatic rings. The van der Waals surface area contributed by atoms with Gasteiger partial charge in [0.1, 0.15) is 5.75 Å². The third-order valence-electron chi connectivity index (χ3n) is 7.24. The SMILES string of the molecule is C[C@]12C=CC[C@H]1[C@H]1CCc3cc(OC(=O)c4ccccc4)ccc3[C@H]1CC2. The normalized spacial score (nSPS) is 30.9. The zero-order valence-corrected chi connectivity index (χ0v) is 15.9. The first-order chi connectivity index (χ1) is 13.1. The van der Waals surface area contributed by atoms with Gasteiger partial charge in [-0.05, 0) is 90.7 Å². The first-order valence-electron chi connectivity index (χ1n) is 10.2. The number of esters is 1. The van der Waals surface area contributed by atoms with Crippen LogP contribution >= 0.6 is 0 Å². The smallest absolute Gasteiger partial charge is 0.343 e. The van der Waals surface area contributed by atoms with E-state index in [1.165, 1.54) is 36.8 Å². The second-order valence-corrected chi connectivity index (χ2v) is 8.71. The molecule has 0 bridgehead atoms. The number of hydrogen-bond acceptors (Lipinski definition) is 2. The lowest BCUT2D eigenvalue weighted by Crippen LogP contribution is -2.39. The average molecular weight is 358 g/mol. The molecule has 0 aliphatic heterocycles. The summed E-state index contributed by atoms with van der Waals surface area (Å²) in [6, 6.07) is 15.5. The minimum absolute atomic E-state index is 0.283. The number of carbonyl (C=O) groups excluding carboxylic acids is 1. The number of allylic oxidation sites excluding steroid dienone is 2. The zero-order chi connectivity index (χ0) is 18.4. The summed E-state index contributed by atoms with van der Waals surface area (Å²) in [5.41, 5.74) is 3.89. The van der Waals surface area contributed by atoms with Crippen molar-refractivity contribution in [3.63, 3.8) is 0 Å². The van der Waals surface area contributed by atoms with Crippen molar-refractivity contribution < 1.29 is 9.53 Å². The molecule has 0 saturated heterocycles. The van der Waals surface area contributed by atoms with E-state index in [0.717, 1.165) is 18.3 Å². The summed E-state index contributed by atoms with van der Waals surface area (Å²) >= 11 is 0. The molecule has 0 amide bonds. The monoisotopic (exact) mass is 358 g/mol. The number of aryl methyl sites for hydroxylation is 1. The number of fused-ring (bicyclic) bond motifs is 5. The Bertz CT molecular complexity index is 898. The van der Waals surface area contributed by atoms with Gasteiger partial charge in [0, 0.05) is 0 Å². The number of benzene rings is 2. The number of ether oxygens (including phenoxy) is 1. The molecule has 1 fully saturated rings. The summed E-state index contributed by atoms with van der Waals surface area (Å²) in [4.78, 5) is 12.3. The van der Waals surface area contributed by atoms with Crippen molar-refractivity contribution in [2.24, 2.45) is 17.3 Å². The van der Waals surface area contributed by atoms with Gasteiger partial charge in [-0.2, -0.15) is 0 Å². The molecule has 0 unspecified atom stereocenters. The number of hydrogen-bond donors (Lipinski definition) is 0. The van der Waals surface area contributed by atoms with Crippen LogP contribution in [0, 0.1) is 17.3 Å². The Morgan fingerprint density at radius 2 is 1.96 bits per heavy atom. The minimum atomic E-state index is -0.283. The molecule has 5 rings (SSSR count). The highest BCUT2D eigenvalue weighted by Gasteiger charge is 2.48. The molecule has 1 saturated carbocycles. The van der Waals surface area contributed by atoms with Gasteiger partial charge in [0.05, 0.1) is 5.56 Å². The minimum Gasteiger partial charge on any atom is -0.423 e. The average Bonchev–Trinajstić information content (AvgIpc) is 3.10. The summed E-state index contributed by atoms with van der Waals surface area (Å²) in [6.45, 7) is 2.46. The molecule has 3 aliphatic carbocycles. The Hall–Kier alpha value is -2.35. The predicted molar refractivity (Wildman–Crippen MR) is 107 cm³/mol. The van der Waals surface area contributed by atoms with Crippen molar-refractivity contribution in [2.75, 3.05) is 0 Å². The van der Waals surface area contributed by atoms with E-state index in [0.29, 0.717) is 22.6 Å². The van der Waals surface area contributed by atoms with E-state index in [9.17, 15) is 4.79 Å². The molecule has 0 spiro atoms. The van der Waals surface area contributed by atoms with Crippen LogP contribution in [0.5, 0.6) is 5.75 Å². The zero-order valence-electron chi connectivity index (χ0n) is 15.9. The van der Waals surface area contributed by atoms with Gasteiger partial charge in [0.15, 0.2) is 0 Å². The van der Waals surface area contributed by atoms with E-state index < -0.39 is 0 Å². The molecular weight excluding hydrogens is 332 g/mol. The summed E-state index contributed by atoms with van der Waals surface area (Å²) < 4.78 is 5.64. The summed E-state index contributed by atoms with van der Waals surface area (Å²) in [5, 5.41) is 0. The van der Waals surface area contributed by atoms with Crippen molar-refractivity contribution in [3.8, 4) is 5.75 Å². The predicted octanol–water partition coefficient (Wildman–Crippen LogP) is 5.93. The lowest BCUT2D eigenvalue weighted by atomic mass is 9.56. The molecule has 2 aromatic carbocycles. The third-order valence-corrected chi connectivity index (χ3v) is 7.24. The van der Waals surface area contributed by atoms with Gasteiger partial charge in [-0.1, -0.05) is 43.3 Å². The van der Waals surface area contributed by atoms with Crippen LogP contribution in [0.1, 0.15) is 60.0 Å². The molecule has 3 aliphatic rings. The lowest BCUT2D eigenvalue weighted by molar-refractivity contribution is 0.0732. The second kappa shape index (κ2) is 6.37. The van der Waals surface area contributed by atoms with Crippen molar-refractivity contribution >= 4 is 5.97 Å². The van der Waals surface area contributed by atoms with Gasteiger partial charge in [0.25, 0.3) is 0 Å². The summed E-state index contributed by atoms with van der Waals surface area (Å²) in [7, 11) is 0. The Morgan fingerprint density at radius 3 is 2.81 bits per heavy atom. The number of carbonyl (C=O) groups is 1. The fraction of sp³-hybridized carbons (Fsp3) is 0.400. The highest BCUT2D eigenvalue weighted by molar-refractivity contribution is 5.91. The highest BCUT2D eigenvalue weighted by Crippen LogP contribution is 2.58. The molecule has 0 N–H and O–H groups in total. The molecule has 0 heterocycles. The molecular formula is C25H26O2. The van der Waals surface area contributed by atoms with Crippen molar-refractivity contribution in [3.05, 3.63) is 77.4 Å². The van der Waals surface area contributed by atoms with E-state index in [1.54, 1.807) is 12.1 Å². The fourth-order valence-electron chi connectivity index (χ4n) is 5.84. The van der Waals surface area contributed by atoms with Crippen LogP contribution in [0.4, 0.5) is 0 Å². The van der Waals surface area contributed by atoms with Crippen LogP contribution < -0.4 is 4.74 Å². The maximum Gasteiger partial charge on any atom is 0.343 e. The van der Waals surface area contributed by atoms with E-state index in [-0.39, 0.29) is 5.97 Å². The first kappa shape index (κ1) is 16.8. The Morgan fingerprint density at radius 1 is 1.11 bits per heavy atom. The third kappa shape index (κ3) is 2.82. The fourth-order valence-corrected chi connectivity index (χ4v) is 5.84. The molecule has 27 heavy (non-hydrogen) atoms. The van der Waals surface area contributed by atoms with Crippen LogP contribution in [0.3, 0.4) is 0 Å². The van der Waals surface area contributed by atoms with E-state index >= 15 is 0 Å². The molecule has 4 atom stereocenters. The van der Waals surface area contributed by atoms with E-state index in [1.807, 2.05) is 24.3 Å². The molecule has 0 radical (unpaired) electrons. The topological polar surface area (TPSA) is 26.3 Å². The summed E-state index contributed by atoms with van der Waals surface area (Å²) in [6.07, 6.45) is 11.1. The number of rotatable bonds is 2. The standard InChI is InChI=1S/C25H26O2/c1-25-14-5-8-23(25)22-11-9-18-16-19(10-12-20(18)21(22)13-15-25)27-24(26)17-6-3-2-4-7-17/h2-7,10,12,14,16,21-23H,8-9,11,13,15H2,1H3/t21-,22+,23+,25-/m1/s1. The van der Waals surface area contributed by atoms with Crippen LogP contribution in [-0.2, 0) is 6.42 Å². The van der Waals surface area contributed by atoms with Gasteiger partial charge in [0.2, 0.25) is 0 Å². The maximum atomic E-state index is 12.3. The quantitative estimate of drug-likeness (QED) is 0.378.